The molecule has 1 amide bonds. The molecular formula is C31H26ClN3O3S2. The van der Waals surface area contributed by atoms with Gasteiger partial charge in [0.2, 0.25) is 0 Å². The van der Waals surface area contributed by atoms with Gasteiger partial charge in [0.25, 0.3) is 5.91 Å². The van der Waals surface area contributed by atoms with Gasteiger partial charge in [0.05, 0.1) is 21.5 Å². The number of halogens is 1. The first-order chi connectivity index (χ1) is 19.3. The number of amides is 1. The molecule has 0 unspecified atom stereocenters. The summed E-state index contributed by atoms with van der Waals surface area (Å²) in [6.45, 7) is 2.41. The normalized spacial score (nSPS) is 15.5. The van der Waals surface area contributed by atoms with Gasteiger partial charge in [-0.15, -0.1) is 11.3 Å². The summed E-state index contributed by atoms with van der Waals surface area (Å²) in [6.07, 6.45) is 2.13. The minimum absolute atomic E-state index is 0.122. The first-order valence-electron chi connectivity index (χ1n) is 12.8. The fourth-order valence-electron chi connectivity index (χ4n) is 5.09. The molecule has 0 saturated heterocycles. The van der Waals surface area contributed by atoms with Crippen LogP contribution in [0.25, 0.3) is 10.9 Å². The van der Waals surface area contributed by atoms with Crippen LogP contribution in [0.2, 0.25) is 5.02 Å². The lowest BCUT2D eigenvalue weighted by molar-refractivity contribution is -0.130. The van der Waals surface area contributed by atoms with Gasteiger partial charge >= 0.3 is 0 Å². The minimum Gasteiger partial charge on any atom is -0.342 e. The van der Waals surface area contributed by atoms with Crippen molar-refractivity contribution in [1.29, 1.82) is 0 Å². The number of hydrogen-bond acceptors (Lipinski definition) is 5. The molecule has 0 N–H and O–H groups in total. The van der Waals surface area contributed by atoms with Crippen molar-refractivity contribution in [2.24, 2.45) is 5.10 Å². The second kappa shape index (κ2) is 10.7. The molecule has 0 bridgehead atoms. The zero-order valence-electron chi connectivity index (χ0n) is 21.7. The Morgan fingerprint density at radius 2 is 1.75 bits per heavy atom. The van der Waals surface area contributed by atoms with Crippen molar-refractivity contribution in [3.63, 3.8) is 0 Å². The molecule has 0 radical (unpaired) electrons. The molecule has 0 aliphatic carbocycles. The number of aromatic nitrogens is 1. The highest BCUT2D eigenvalue weighted by Crippen LogP contribution is 2.35. The van der Waals surface area contributed by atoms with Gasteiger partial charge in [0.15, 0.2) is 9.84 Å². The highest BCUT2D eigenvalue weighted by Gasteiger charge is 2.36. The van der Waals surface area contributed by atoms with Crippen LogP contribution in [0.4, 0.5) is 0 Å². The van der Waals surface area contributed by atoms with Crippen LogP contribution in [-0.4, -0.2) is 35.4 Å². The summed E-state index contributed by atoms with van der Waals surface area (Å²) in [6, 6.07) is 26.3. The first-order valence-corrected chi connectivity index (χ1v) is 15.8. The number of rotatable bonds is 7. The third kappa shape index (κ3) is 5.10. The highest BCUT2D eigenvalue weighted by atomic mass is 35.5. The lowest BCUT2D eigenvalue weighted by Gasteiger charge is -2.22. The lowest BCUT2D eigenvalue weighted by Crippen LogP contribution is -2.32. The van der Waals surface area contributed by atoms with E-state index in [-0.39, 0.29) is 10.9 Å². The Labute approximate surface area is 242 Å². The van der Waals surface area contributed by atoms with Crippen molar-refractivity contribution in [1.82, 2.24) is 9.58 Å². The van der Waals surface area contributed by atoms with Crippen molar-refractivity contribution in [2.45, 2.75) is 30.8 Å². The van der Waals surface area contributed by atoms with Crippen LogP contribution in [0.3, 0.4) is 0 Å². The zero-order chi connectivity index (χ0) is 27.9. The van der Waals surface area contributed by atoms with E-state index in [1.54, 1.807) is 29.7 Å². The van der Waals surface area contributed by atoms with Gasteiger partial charge in [-0.25, -0.2) is 13.4 Å². The van der Waals surface area contributed by atoms with E-state index in [1.165, 1.54) is 5.01 Å². The van der Waals surface area contributed by atoms with Crippen molar-refractivity contribution in [2.75, 3.05) is 5.75 Å². The monoisotopic (exact) mass is 587 g/mol. The predicted octanol–water partition coefficient (Wildman–Crippen LogP) is 6.86. The Morgan fingerprint density at radius 3 is 2.50 bits per heavy atom. The van der Waals surface area contributed by atoms with Gasteiger partial charge in [-0.1, -0.05) is 83.9 Å². The van der Waals surface area contributed by atoms with Crippen LogP contribution < -0.4 is 0 Å². The number of nitrogens with zero attached hydrogens (tertiary/aromatic N) is 3. The highest BCUT2D eigenvalue weighted by molar-refractivity contribution is 7.92. The number of carbonyl (C=O) groups is 1. The Hall–Kier alpha value is -3.72. The Balaban J connectivity index is 1.34. The summed E-state index contributed by atoms with van der Waals surface area (Å²) in [7, 11) is -4.00. The molecule has 6 rings (SSSR count). The topological polar surface area (TPSA) is 71.7 Å². The number of fused-ring (bicyclic) bond motifs is 1. The van der Waals surface area contributed by atoms with E-state index in [0.29, 0.717) is 23.4 Å². The molecule has 9 heteroatoms. The van der Waals surface area contributed by atoms with Crippen molar-refractivity contribution in [3.8, 4) is 0 Å². The molecule has 40 heavy (non-hydrogen) atoms. The SMILES string of the molecule is Cc1ccc([C@@H]2CC(c3cccs3)=NN2C(=O)CS(=O)(=O)c2cn(Cc3ccccc3Cl)c3ccccc23)cc1. The molecular weight excluding hydrogens is 562 g/mol. The summed E-state index contributed by atoms with van der Waals surface area (Å²) in [5.74, 6) is -1.24. The molecule has 0 saturated carbocycles. The molecule has 3 heterocycles. The second-order valence-electron chi connectivity index (χ2n) is 9.88. The van der Waals surface area contributed by atoms with E-state index in [9.17, 15) is 13.2 Å². The maximum Gasteiger partial charge on any atom is 0.258 e. The summed E-state index contributed by atoms with van der Waals surface area (Å²) >= 11 is 7.94. The number of hydrazone groups is 1. The molecule has 0 spiro atoms. The number of sulfone groups is 1. The van der Waals surface area contributed by atoms with Crippen LogP contribution >= 0.6 is 22.9 Å². The van der Waals surface area contributed by atoms with Gasteiger partial charge in [-0.2, -0.15) is 5.10 Å². The van der Waals surface area contributed by atoms with Gasteiger partial charge < -0.3 is 4.57 Å². The van der Waals surface area contributed by atoms with E-state index < -0.39 is 21.5 Å². The molecule has 2 aromatic heterocycles. The van der Waals surface area contributed by atoms with Crippen LogP contribution in [0.5, 0.6) is 0 Å². The maximum absolute atomic E-state index is 13.8. The number of aryl methyl sites for hydroxylation is 1. The Bertz CT molecular complexity index is 1840. The molecule has 202 valence electrons. The standard InChI is InChI=1S/C31H26ClN3O3S2/c1-21-12-14-22(15-13-21)28-17-26(29-11-6-16-39-29)33-35(28)31(36)20-40(37,38)30-19-34(27-10-5-3-8-24(27)30)18-23-7-2-4-9-25(23)32/h2-16,19,28H,17-18,20H2,1H3/t28-/m0/s1. The summed E-state index contributed by atoms with van der Waals surface area (Å²) in [4.78, 5) is 14.8. The molecule has 1 aliphatic heterocycles. The minimum atomic E-state index is -4.00. The number of hydrogen-bond donors (Lipinski definition) is 0. The van der Waals surface area contributed by atoms with Gasteiger partial charge in [-0.05, 0) is 41.6 Å². The Morgan fingerprint density at radius 1 is 1.00 bits per heavy atom. The third-order valence-electron chi connectivity index (χ3n) is 7.13. The number of para-hydroxylation sites is 1. The average molecular weight is 588 g/mol. The van der Waals surface area contributed by atoms with Crippen molar-refractivity contribution in [3.05, 3.63) is 123 Å². The van der Waals surface area contributed by atoms with Crippen molar-refractivity contribution < 1.29 is 13.2 Å². The van der Waals surface area contributed by atoms with E-state index in [4.69, 9.17) is 11.6 Å². The summed E-state index contributed by atoms with van der Waals surface area (Å²) in [5, 5.41) is 9.15. The predicted molar refractivity (Wildman–Crippen MR) is 161 cm³/mol. The zero-order valence-corrected chi connectivity index (χ0v) is 24.1. The maximum atomic E-state index is 13.8. The molecule has 0 fully saturated rings. The fraction of sp³-hybridized carbons (Fsp3) is 0.161. The smallest absolute Gasteiger partial charge is 0.258 e. The van der Waals surface area contributed by atoms with Crippen LogP contribution in [0.15, 0.2) is 107 Å². The van der Waals surface area contributed by atoms with Gasteiger partial charge in [0.1, 0.15) is 5.75 Å². The fourth-order valence-corrected chi connectivity index (χ4v) is 7.41. The largest absolute Gasteiger partial charge is 0.342 e. The Kier molecular flexibility index (Phi) is 7.08. The van der Waals surface area contributed by atoms with Gasteiger partial charge in [-0.3, -0.25) is 4.79 Å². The molecule has 6 nitrogen and oxygen atoms in total. The van der Waals surface area contributed by atoms with Crippen LogP contribution in [0.1, 0.15) is 34.0 Å². The van der Waals surface area contributed by atoms with E-state index in [0.717, 1.165) is 32.8 Å². The van der Waals surface area contributed by atoms with Crippen LogP contribution in [-0.2, 0) is 21.2 Å². The first kappa shape index (κ1) is 26.5. The molecule has 1 atom stereocenters. The number of benzene rings is 3. The summed E-state index contributed by atoms with van der Waals surface area (Å²) in [5.41, 5.74) is 4.43. The average Bonchev–Trinajstić information content (AvgIpc) is 3.70. The van der Waals surface area contributed by atoms with E-state index >= 15 is 0 Å². The molecule has 5 aromatic rings. The lowest BCUT2D eigenvalue weighted by atomic mass is 10.00. The van der Waals surface area contributed by atoms with E-state index in [2.05, 4.69) is 5.10 Å². The number of thiophene rings is 1. The summed E-state index contributed by atoms with van der Waals surface area (Å²) < 4.78 is 29.5. The van der Waals surface area contributed by atoms with Gasteiger partial charge in [0, 0.05) is 35.1 Å². The third-order valence-corrected chi connectivity index (χ3v) is 10.0. The van der Waals surface area contributed by atoms with Crippen molar-refractivity contribution >= 4 is 55.3 Å². The molecule has 1 aliphatic rings. The van der Waals surface area contributed by atoms with E-state index in [1.807, 2.05) is 89.7 Å². The van der Waals surface area contributed by atoms with Crippen LogP contribution in [0, 0.1) is 6.92 Å². The molecule has 3 aromatic carbocycles. The second-order valence-corrected chi connectivity index (χ2v) is 13.2. The quantitative estimate of drug-likeness (QED) is 0.209. The number of carbonyl (C=O) groups excluding carboxylic acids is 1.